The first-order valence-electron chi connectivity index (χ1n) is 26.6. The van der Waals surface area contributed by atoms with Crippen LogP contribution in [0.4, 0.5) is 0 Å². The van der Waals surface area contributed by atoms with E-state index in [0.717, 1.165) is 38.5 Å². The van der Waals surface area contributed by atoms with E-state index in [1.165, 1.54) is 167 Å². The highest BCUT2D eigenvalue weighted by Gasteiger charge is 2.44. The van der Waals surface area contributed by atoms with Crippen LogP contribution < -0.4 is 5.32 Å². The van der Waals surface area contributed by atoms with Gasteiger partial charge in [-0.1, -0.05) is 219 Å². The average Bonchev–Trinajstić information content (AvgIpc) is 3.28. The molecule has 0 spiro atoms. The molecule has 1 amide bonds. The first-order chi connectivity index (χ1) is 30.7. The zero-order valence-corrected chi connectivity index (χ0v) is 40.6. The summed E-state index contributed by atoms with van der Waals surface area (Å²) in [4.78, 5) is 13.1. The molecule has 8 N–H and O–H groups in total. The quantitative estimate of drug-likeness (QED) is 0.0216. The summed E-state index contributed by atoms with van der Waals surface area (Å²) in [6, 6.07) is -1.18. The molecule has 11 heteroatoms. The first-order valence-corrected chi connectivity index (χ1v) is 26.6. The minimum atomic E-state index is -1.66. The van der Waals surface area contributed by atoms with Crippen LogP contribution in [0, 0.1) is 0 Å². The Bertz CT molecular complexity index is 1030. The second-order valence-electron chi connectivity index (χ2n) is 19.0. The third-order valence-corrected chi connectivity index (χ3v) is 13.1. The molecule has 0 aromatic rings. The van der Waals surface area contributed by atoms with Gasteiger partial charge < -0.3 is 50.5 Å². The number of carbonyl (C=O) groups is 1. The molecule has 9 unspecified atom stereocenters. The van der Waals surface area contributed by atoms with Gasteiger partial charge in [0.25, 0.3) is 0 Å². The summed E-state index contributed by atoms with van der Waals surface area (Å²) in [5, 5.41) is 75.9. The number of allylic oxidation sites excluding steroid dienone is 2. The number of aliphatic hydroxyl groups is 7. The van der Waals surface area contributed by atoms with Gasteiger partial charge in [-0.25, -0.2) is 0 Å². The lowest BCUT2D eigenvalue weighted by molar-refractivity contribution is -0.303. The molecule has 0 aromatic carbocycles. The molecular formula is C52H101NO10. The Kier molecular flexibility index (Phi) is 40.1. The molecule has 1 aliphatic heterocycles. The first kappa shape index (κ1) is 59.9. The molecule has 11 nitrogen and oxygen atoms in total. The lowest BCUT2D eigenvalue weighted by Gasteiger charge is -2.40. The Morgan fingerprint density at radius 1 is 0.540 bits per heavy atom. The maximum atomic E-state index is 13.1. The Hall–Kier alpha value is -1.15. The van der Waals surface area contributed by atoms with Gasteiger partial charge in [-0.05, 0) is 38.5 Å². The number of hydrogen-bond acceptors (Lipinski definition) is 10. The van der Waals surface area contributed by atoms with Crippen LogP contribution in [-0.4, -0.2) is 110 Å². The van der Waals surface area contributed by atoms with Crippen molar-refractivity contribution in [2.45, 2.75) is 300 Å². The van der Waals surface area contributed by atoms with Crippen molar-refractivity contribution in [3.8, 4) is 0 Å². The van der Waals surface area contributed by atoms with Crippen LogP contribution in [-0.2, 0) is 14.3 Å². The number of hydrogen-bond donors (Lipinski definition) is 8. The minimum absolute atomic E-state index is 0.259. The molecular weight excluding hydrogens is 799 g/mol. The van der Waals surface area contributed by atoms with Gasteiger partial charge in [-0.15, -0.1) is 0 Å². The fraction of sp³-hybridized carbons (Fsp3) is 0.942. The molecule has 0 saturated carbocycles. The zero-order valence-electron chi connectivity index (χ0n) is 40.6. The van der Waals surface area contributed by atoms with Gasteiger partial charge in [0.2, 0.25) is 5.91 Å². The zero-order chi connectivity index (χ0) is 46.2. The van der Waals surface area contributed by atoms with Crippen LogP contribution in [0.2, 0.25) is 0 Å². The van der Waals surface area contributed by atoms with Gasteiger partial charge in [0.1, 0.15) is 36.6 Å². The molecule has 1 fully saturated rings. The van der Waals surface area contributed by atoms with Crippen molar-refractivity contribution >= 4 is 5.91 Å². The van der Waals surface area contributed by atoms with Gasteiger partial charge >= 0.3 is 0 Å². The number of nitrogens with one attached hydrogen (secondary N) is 1. The smallest absolute Gasteiger partial charge is 0.249 e. The number of unbranched alkanes of at least 4 members (excludes halogenated alkanes) is 31. The summed E-state index contributed by atoms with van der Waals surface area (Å²) < 4.78 is 11.1. The number of ether oxygens (including phenoxy) is 2. The lowest BCUT2D eigenvalue weighted by Crippen LogP contribution is -2.60. The molecule has 0 bridgehead atoms. The fourth-order valence-electron chi connectivity index (χ4n) is 8.68. The Labute approximate surface area is 385 Å². The highest BCUT2D eigenvalue weighted by Crippen LogP contribution is 2.23. The van der Waals surface area contributed by atoms with Crippen molar-refractivity contribution in [1.29, 1.82) is 0 Å². The molecule has 0 radical (unpaired) electrons. The molecule has 374 valence electrons. The molecule has 0 aromatic heterocycles. The van der Waals surface area contributed by atoms with Crippen LogP contribution in [0.25, 0.3) is 0 Å². The second kappa shape index (κ2) is 42.2. The highest BCUT2D eigenvalue weighted by molar-refractivity contribution is 5.80. The van der Waals surface area contributed by atoms with Crippen LogP contribution >= 0.6 is 0 Å². The van der Waals surface area contributed by atoms with Gasteiger partial charge in [0.05, 0.1) is 25.4 Å². The van der Waals surface area contributed by atoms with E-state index >= 15 is 0 Å². The van der Waals surface area contributed by atoms with Gasteiger partial charge in [0.15, 0.2) is 6.29 Å². The molecule has 1 heterocycles. The summed E-state index contributed by atoms with van der Waals surface area (Å²) in [6.45, 7) is 3.46. The Morgan fingerprint density at radius 2 is 0.937 bits per heavy atom. The van der Waals surface area contributed by atoms with Crippen molar-refractivity contribution in [1.82, 2.24) is 5.32 Å². The standard InChI is InChI=1S/C52H101NO10/c1-3-5-7-9-11-13-15-17-19-21-23-25-27-29-31-33-35-37-39-44(55)47(57)43(42-62-52-50(60)49(59)48(58)46(41-54)63-52)53-51(61)45(56)40-38-36-34-32-30-28-26-24-22-20-18-16-14-12-10-8-6-4-2/h31,33,43-50,52,54-60H,3-30,32,34-42H2,1-2H3,(H,53,61)/b33-31+. The van der Waals surface area contributed by atoms with Crippen molar-refractivity contribution < 1.29 is 50.0 Å². The molecule has 1 rings (SSSR count). The van der Waals surface area contributed by atoms with E-state index in [0.29, 0.717) is 12.8 Å². The fourth-order valence-corrected chi connectivity index (χ4v) is 8.68. The largest absolute Gasteiger partial charge is 0.394 e. The van der Waals surface area contributed by atoms with E-state index in [1.807, 2.05) is 0 Å². The maximum absolute atomic E-state index is 13.1. The predicted molar refractivity (Wildman–Crippen MR) is 256 cm³/mol. The van der Waals surface area contributed by atoms with E-state index < -0.39 is 74.2 Å². The van der Waals surface area contributed by atoms with Crippen molar-refractivity contribution in [2.24, 2.45) is 0 Å². The van der Waals surface area contributed by atoms with E-state index in [4.69, 9.17) is 9.47 Å². The van der Waals surface area contributed by atoms with Crippen LogP contribution in [0.15, 0.2) is 12.2 Å². The van der Waals surface area contributed by atoms with Crippen LogP contribution in [0.3, 0.4) is 0 Å². The third-order valence-electron chi connectivity index (χ3n) is 13.1. The summed E-state index contributed by atoms with van der Waals surface area (Å²) >= 11 is 0. The average molecular weight is 900 g/mol. The Balaban J connectivity index is 2.39. The minimum Gasteiger partial charge on any atom is -0.394 e. The van der Waals surface area contributed by atoms with Gasteiger partial charge in [0, 0.05) is 0 Å². The number of carbonyl (C=O) groups excluding carboxylic acids is 1. The third kappa shape index (κ3) is 31.5. The van der Waals surface area contributed by atoms with Crippen LogP contribution in [0.1, 0.15) is 245 Å². The Morgan fingerprint density at radius 3 is 1.37 bits per heavy atom. The van der Waals surface area contributed by atoms with Gasteiger partial charge in [-0.2, -0.15) is 0 Å². The van der Waals surface area contributed by atoms with Crippen molar-refractivity contribution in [3.63, 3.8) is 0 Å². The second-order valence-corrected chi connectivity index (χ2v) is 19.0. The lowest BCUT2D eigenvalue weighted by atomic mass is 9.98. The van der Waals surface area contributed by atoms with Gasteiger partial charge in [-0.3, -0.25) is 4.79 Å². The van der Waals surface area contributed by atoms with Crippen LogP contribution in [0.5, 0.6) is 0 Å². The van der Waals surface area contributed by atoms with Crippen molar-refractivity contribution in [2.75, 3.05) is 13.2 Å². The molecule has 9 atom stereocenters. The number of rotatable bonds is 45. The summed E-state index contributed by atoms with van der Waals surface area (Å²) in [7, 11) is 0. The van der Waals surface area contributed by atoms with E-state index in [1.54, 1.807) is 0 Å². The van der Waals surface area contributed by atoms with E-state index in [9.17, 15) is 40.5 Å². The number of amides is 1. The maximum Gasteiger partial charge on any atom is 0.249 e. The molecule has 1 saturated heterocycles. The molecule has 1 aliphatic rings. The number of aliphatic hydroxyl groups excluding tert-OH is 7. The van der Waals surface area contributed by atoms with E-state index in [-0.39, 0.29) is 12.8 Å². The summed E-state index contributed by atoms with van der Waals surface area (Å²) in [5.74, 6) is -0.702. The SMILES string of the molecule is CCCCCCCCCCCCCCC/C=C/CCCC(O)C(O)C(COC1OC(CO)C(O)C(O)C1O)NC(=O)C(O)CCCCCCCCCCCCCCCCCCCC. The predicted octanol–water partition coefficient (Wildman–Crippen LogP) is 10.0. The monoisotopic (exact) mass is 900 g/mol. The molecule has 63 heavy (non-hydrogen) atoms. The highest BCUT2D eigenvalue weighted by atomic mass is 16.7. The summed E-state index contributed by atoms with van der Waals surface area (Å²) in [6.07, 6.45) is 35.4. The van der Waals surface area contributed by atoms with Crippen molar-refractivity contribution in [3.05, 3.63) is 12.2 Å². The van der Waals surface area contributed by atoms with E-state index in [2.05, 4.69) is 31.3 Å². The topological polar surface area (TPSA) is 189 Å². The summed E-state index contributed by atoms with van der Waals surface area (Å²) in [5.41, 5.74) is 0. The normalized spacial score (nSPS) is 21.2. The molecule has 0 aliphatic carbocycles.